The average molecular weight is 315 g/mol. The van der Waals surface area contributed by atoms with Gasteiger partial charge in [-0.25, -0.2) is 13.2 Å². The first-order valence-corrected chi connectivity index (χ1v) is 7.61. The van der Waals surface area contributed by atoms with Gasteiger partial charge in [0.05, 0.1) is 17.6 Å². The van der Waals surface area contributed by atoms with Gasteiger partial charge in [0.25, 0.3) is 0 Å². The lowest BCUT2D eigenvalue weighted by Gasteiger charge is -2.18. The van der Waals surface area contributed by atoms with Gasteiger partial charge in [-0.15, -0.1) is 0 Å². The molecule has 0 aliphatic rings. The Morgan fingerprint density at radius 1 is 1.29 bits per heavy atom. The van der Waals surface area contributed by atoms with Crippen molar-refractivity contribution >= 4 is 22.0 Å². The van der Waals surface area contributed by atoms with Crippen molar-refractivity contribution in [3.05, 3.63) is 29.8 Å². The number of carbonyl (C=O) groups excluding carboxylic acids is 1. The van der Waals surface area contributed by atoms with E-state index in [1.54, 1.807) is 13.8 Å². The second-order valence-electron chi connectivity index (χ2n) is 4.70. The monoisotopic (exact) mass is 315 g/mol. The van der Waals surface area contributed by atoms with E-state index < -0.39 is 33.9 Å². The van der Waals surface area contributed by atoms with Crippen LogP contribution in [-0.2, 0) is 19.6 Å². The number of aliphatic carboxylic acids is 1. The molecule has 7 nitrogen and oxygen atoms in total. The number of hydrogen-bond donors (Lipinski definition) is 2. The molecule has 0 saturated carbocycles. The molecule has 0 fully saturated rings. The van der Waals surface area contributed by atoms with E-state index in [0.29, 0.717) is 0 Å². The first-order chi connectivity index (χ1) is 9.69. The van der Waals surface area contributed by atoms with Crippen LogP contribution in [0.1, 0.15) is 24.2 Å². The van der Waals surface area contributed by atoms with Crippen molar-refractivity contribution in [2.75, 3.05) is 7.11 Å². The Morgan fingerprint density at radius 3 is 2.38 bits per heavy atom. The minimum atomic E-state index is -4.05. The number of carboxylic acid groups (broad SMARTS) is 1. The minimum Gasteiger partial charge on any atom is -0.480 e. The number of ether oxygens (including phenoxy) is 1. The summed E-state index contributed by atoms with van der Waals surface area (Å²) >= 11 is 0. The smallest absolute Gasteiger partial charge is 0.337 e. The molecule has 1 aromatic rings. The average Bonchev–Trinajstić information content (AvgIpc) is 2.43. The van der Waals surface area contributed by atoms with E-state index in [9.17, 15) is 18.0 Å². The number of sulfonamides is 1. The molecule has 0 aliphatic heterocycles. The van der Waals surface area contributed by atoms with E-state index >= 15 is 0 Å². The molecule has 0 heterocycles. The molecule has 1 atom stereocenters. The van der Waals surface area contributed by atoms with Crippen LogP contribution >= 0.6 is 0 Å². The summed E-state index contributed by atoms with van der Waals surface area (Å²) in [7, 11) is -2.87. The van der Waals surface area contributed by atoms with Crippen molar-refractivity contribution in [3.63, 3.8) is 0 Å². The van der Waals surface area contributed by atoms with Gasteiger partial charge >= 0.3 is 11.9 Å². The number of hydrogen-bond acceptors (Lipinski definition) is 5. The first-order valence-electron chi connectivity index (χ1n) is 6.12. The molecule has 1 aromatic carbocycles. The highest BCUT2D eigenvalue weighted by molar-refractivity contribution is 7.89. The Labute approximate surface area is 123 Å². The lowest BCUT2D eigenvalue weighted by Crippen LogP contribution is -2.44. The molecule has 0 aliphatic carbocycles. The molecule has 0 spiro atoms. The Morgan fingerprint density at radius 2 is 1.90 bits per heavy atom. The van der Waals surface area contributed by atoms with Crippen molar-refractivity contribution < 1.29 is 27.9 Å². The SMILES string of the molecule is COC(=O)c1cccc(S(=O)(=O)N[C@H](C(=O)O)C(C)C)c1. The van der Waals surface area contributed by atoms with E-state index in [4.69, 9.17) is 5.11 Å². The van der Waals surface area contributed by atoms with Crippen LogP contribution in [0.25, 0.3) is 0 Å². The molecule has 2 N–H and O–H groups in total. The minimum absolute atomic E-state index is 0.0665. The number of carbonyl (C=O) groups is 2. The molecule has 0 radical (unpaired) electrons. The summed E-state index contributed by atoms with van der Waals surface area (Å²) in [6.45, 7) is 3.18. The van der Waals surface area contributed by atoms with Crippen LogP contribution in [0.4, 0.5) is 0 Å². The van der Waals surface area contributed by atoms with Crippen LogP contribution in [0.2, 0.25) is 0 Å². The van der Waals surface area contributed by atoms with Crippen molar-refractivity contribution in [2.45, 2.75) is 24.8 Å². The summed E-state index contributed by atoms with van der Waals surface area (Å²) in [4.78, 5) is 22.3. The molecular formula is C13H17NO6S. The van der Waals surface area contributed by atoms with Crippen molar-refractivity contribution in [1.82, 2.24) is 4.72 Å². The standard InChI is InChI=1S/C13H17NO6S/c1-8(2)11(12(15)16)14-21(18,19)10-6-4-5-9(7-10)13(17)20-3/h4-8,11,14H,1-3H3,(H,15,16)/t11-/m0/s1. The van der Waals surface area contributed by atoms with Gasteiger partial charge in [0.15, 0.2) is 0 Å². The molecule has 0 aromatic heterocycles. The van der Waals surface area contributed by atoms with E-state index in [1.165, 1.54) is 25.3 Å². The van der Waals surface area contributed by atoms with Crippen LogP contribution in [0.5, 0.6) is 0 Å². The van der Waals surface area contributed by atoms with E-state index in [1.807, 2.05) is 0 Å². The maximum Gasteiger partial charge on any atom is 0.337 e. The van der Waals surface area contributed by atoms with Gasteiger partial charge in [-0.05, 0) is 24.1 Å². The molecule has 8 heteroatoms. The zero-order valence-corrected chi connectivity index (χ0v) is 12.7. The van der Waals surface area contributed by atoms with Gasteiger partial charge in [-0.3, -0.25) is 4.79 Å². The van der Waals surface area contributed by atoms with Gasteiger partial charge in [-0.2, -0.15) is 4.72 Å². The van der Waals surface area contributed by atoms with Gasteiger partial charge in [0.1, 0.15) is 6.04 Å². The maximum atomic E-state index is 12.2. The lowest BCUT2D eigenvalue weighted by molar-refractivity contribution is -0.140. The fourth-order valence-electron chi connectivity index (χ4n) is 1.61. The Hall–Kier alpha value is -1.93. The number of benzene rings is 1. The second kappa shape index (κ2) is 6.68. The molecule has 116 valence electrons. The zero-order chi connectivity index (χ0) is 16.2. The maximum absolute atomic E-state index is 12.2. The van der Waals surface area contributed by atoms with E-state index in [0.717, 1.165) is 6.07 Å². The second-order valence-corrected chi connectivity index (χ2v) is 6.41. The van der Waals surface area contributed by atoms with Crippen LogP contribution < -0.4 is 4.72 Å². The normalized spacial score (nSPS) is 13.0. The highest BCUT2D eigenvalue weighted by atomic mass is 32.2. The Bertz CT molecular complexity index is 638. The molecule has 0 amide bonds. The van der Waals surface area contributed by atoms with Crippen molar-refractivity contribution in [2.24, 2.45) is 5.92 Å². The molecule has 1 rings (SSSR count). The summed E-state index contributed by atoms with van der Waals surface area (Å²) in [5.74, 6) is -2.37. The largest absolute Gasteiger partial charge is 0.480 e. The molecule has 0 unspecified atom stereocenters. The Kier molecular flexibility index (Phi) is 5.45. The summed E-state index contributed by atoms with van der Waals surface area (Å²) in [6.07, 6.45) is 0. The Balaban J connectivity index is 3.13. The number of esters is 1. The van der Waals surface area contributed by atoms with Gasteiger partial charge in [0.2, 0.25) is 10.0 Å². The topological polar surface area (TPSA) is 110 Å². The molecule has 0 bridgehead atoms. The van der Waals surface area contributed by atoms with Crippen molar-refractivity contribution in [1.29, 1.82) is 0 Å². The number of methoxy groups -OCH3 is 1. The van der Waals surface area contributed by atoms with Crippen LogP contribution in [0, 0.1) is 5.92 Å². The highest BCUT2D eigenvalue weighted by Crippen LogP contribution is 2.14. The summed E-state index contributed by atoms with van der Waals surface area (Å²) in [6, 6.07) is 3.94. The summed E-state index contributed by atoms with van der Waals surface area (Å²) in [5.41, 5.74) is 0.0665. The first kappa shape index (κ1) is 17.1. The van der Waals surface area contributed by atoms with E-state index in [-0.39, 0.29) is 10.5 Å². The summed E-state index contributed by atoms with van der Waals surface area (Å²) in [5, 5.41) is 9.03. The van der Waals surface area contributed by atoms with Crippen molar-refractivity contribution in [3.8, 4) is 0 Å². The summed E-state index contributed by atoms with van der Waals surface area (Å²) < 4.78 is 31.0. The predicted molar refractivity (Wildman–Crippen MR) is 74.4 cm³/mol. The van der Waals surface area contributed by atoms with Crippen LogP contribution in [0.3, 0.4) is 0 Å². The van der Waals surface area contributed by atoms with Crippen LogP contribution in [-0.4, -0.2) is 38.6 Å². The highest BCUT2D eigenvalue weighted by Gasteiger charge is 2.28. The van der Waals surface area contributed by atoms with Crippen LogP contribution in [0.15, 0.2) is 29.2 Å². The fourth-order valence-corrected chi connectivity index (χ4v) is 3.00. The van der Waals surface area contributed by atoms with Gasteiger partial charge in [-0.1, -0.05) is 19.9 Å². The third-order valence-electron chi connectivity index (χ3n) is 2.78. The number of carboxylic acids is 1. The molecular weight excluding hydrogens is 298 g/mol. The van der Waals surface area contributed by atoms with Gasteiger partial charge < -0.3 is 9.84 Å². The lowest BCUT2D eigenvalue weighted by atomic mass is 10.1. The fraction of sp³-hybridized carbons (Fsp3) is 0.385. The molecule has 21 heavy (non-hydrogen) atoms. The quantitative estimate of drug-likeness (QED) is 0.753. The molecule has 0 saturated heterocycles. The third kappa shape index (κ3) is 4.27. The zero-order valence-electron chi connectivity index (χ0n) is 11.9. The van der Waals surface area contributed by atoms with Gasteiger partial charge in [0, 0.05) is 0 Å². The van der Waals surface area contributed by atoms with E-state index in [2.05, 4.69) is 9.46 Å². The predicted octanol–water partition coefficient (Wildman–Crippen LogP) is 0.861. The number of rotatable bonds is 6. The number of nitrogens with one attached hydrogen (secondary N) is 1. The third-order valence-corrected chi connectivity index (χ3v) is 4.22.